The summed E-state index contributed by atoms with van der Waals surface area (Å²) in [6.45, 7) is 3.35. The largest absolute Gasteiger partial charge is 0.387 e. The molecule has 0 aromatic carbocycles. The number of nitrogens with zero attached hydrogens (tertiary/aromatic N) is 7. The van der Waals surface area contributed by atoms with Crippen LogP contribution in [0.3, 0.4) is 0 Å². The van der Waals surface area contributed by atoms with Gasteiger partial charge in [-0.15, -0.1) is 10.2 Å². The molecule has 1 amide bonds. The number of amides is 1. The fraction of sp³-hybridized carbons (Fsp3) is 0.333. The zero-order chi connectivity index (χ0) is 24.1. The van der Waals surface area contributed by atoms with Crippen molar-refractivity contribution in [3.63, 3.8) is 0 Å². The van der Waals surface area contributed by atoms with Gasteiger partial charge in [-0.25, -0.2) is 4.52 Å². The molecule has 2 N–H and O–H groups in total. The van der Waals surface area contributed by atoms with E-state index in [1.807, 2.05) is 31.4 Å². The van der Waals surface area contributed by atoms with Crippen LogP contribution in [-0.4, -0.2) is 56.9 Å². The molecule has 11 heteroatoms. The summed E-state index contributed by atoms with van der Waals surface area (Å²) >= 11 is 1.56. The Morgan fingerprint density at radius 2 is 2.03 bits per heavy atom. The van der Waals surface area contributed by atoms with Crippen LogP contribution >= 0.6 is 11.3 Å². The van der Waals surface area contributed by atoms with Crippen LogP contribution in [0.1, 0.15) is 18.9 Å². The number of fused-ring (bicyclic) bond motifs is 3. The average molecular weight is 486 g/mol. The van der Waals surface area contributed by atoms with E-state index in [4.69, 9.17) is 10.2 Å². The monoisotopic (exact) mass is 485 g/mol. The van der Waals surface area contributed by atoms with Crippen molar-refractivity contribution in [1.82, 2.24) is 30.1 Å². The highest BCUT2D eigenvalue weighted by atomic mass is 32.1. The Bertz CT molecular complexity index is 1470. The van der Waals surface area contributed by atoms with Crippen LogP contribution in [0, 0.1) is 23.2 Å². The molecule has 2 bridgehead atoms. The molecule has 3 aliphatic rings. The highest BCUT2D eigenvalue weighted by Crippen LogP contribution is 2.43. The van der Waals surface area contributed by atoms with Crippen molar-refractivity contribution in [1.29, 1.82) is 5.26 Å². The Morgan fingerprint density at radius 1 is 1.20 bits per heavy atom. The van der Waals surface area contributed by atoms with Gasteiger partial charge in [0.25, 0.3) is 0 Å². The van der Waals surface area contributed by atoms with E-state index in [1.54, 1.807) is 35.0 Å². The van der Waals surface area contributed by atoms with E-state index in [0.29, 0.717) is 17.4 Å². The number of pyridine rings is 1. The number of nitriles is 1. The second-order valence-electron chi connectivity index (χ2n) is 9.05. The lowest BCUT2D eigenvalue weighted by Crippen LogP contribution is -2.64. The second kappa shape index (κ2) is 8.32. The summed E-state index contributed by atoms with van der Waals surface area (Å²) in [4.78, 5) is 18.4. The third-order valence-corrected chi connectivity index (χ3v) is 7.90. The zero-order valence-electron chi connectivity index (χ0n) is 19.3. The number of hydrogen-bond donors (Lipinski definition) is 2. The van der Waals surface area contributed by atoms with E-state index >= 15 is 0 Å². The van der Waals surface area contributed by atoms with Gasteiger partial charge in [-0.2, -0.15) is 10.4 Å². The molecule has 0 radical (unpaired) electrons. The van der Waals surface area contributed by atoms with Crippen LogP contribution < -0.4 is 15.5 Å². The fourth-order valence-electron chi connectivity index (χ4n) is 5.19. The highest BCUT2D eigenvalue weighted by Gasteiger charge is 2.47. The molecule has 4 aromatic rings. The first-order chi connectivity index (χ1) is 17.0. The van der Waals surface area contributed by atoms with Gasteiger partial charge in [-0.3, -0.25) is 9.78 Å². The summed E-state index contributed by atoms with van der Waals surface area (Å²) in [5.41, 5.74) is 4.74. The third-order valence-electron chi connectivity index (χ3n) is 6.88. The number of anilines is 2. The Labute approximate surface area is 205 Å². The summed E-state index contributed by atoms with van der Waals surface area (Å²) in [6.07, 6.45) is 4.52. The lowest BCUT2D eigenvalue weighted by Gasteiger charge is -2.53. The normalized spacial score (nSPS) is 20.8. The van der Waals surface area contributed by atoms with E-state index in [-0.39, 0.29) is 11.9 Å². The molecule has 1 aliphatic carbocycles. The third kappa shape index (κ3) is 3.66. The second-order valence-corrected chi connectivity index (χ2v) is 10.0. The molecular formula is C24H23N9OS. The Hall–Kier alpha value is -4.04. The van der Waals surface area contributed by atoms with E-state index in [0.717, 1.165) is 57.8 Å². The van der Waals surface area contributed by atoms with Crippen LogP contribution in [0.2, 0.25) is 0 Å². The Balaban J connectivity index is 1.25. The maximum atomic E-state index is 11.5. The summed E-state index contributed by atoms with van der Waals surface area (Å²) < 4.78 is 1.78. The number of piperidine rings is 2. The lowest BCUT2D eigenvalue weighted by atomic mass is 9.66. The number of aromatic nitrogens is 5. The lowest BCUT2D eigenvalue weighted by molar-refractivity contribution is -0.122. The predicted molar refractivity (Wildman–Crippen MR) is 133 cm³/mol. The first-order valence-electron chi connectivity index (χ1n) is 11.5. The standard InChI is InChI=1S/C24H23N9OS/c1-13(34)29-22-15-6-16(22)12-32(11-15)24-31-30-23(35-24)18-10-27-20(7-19(18)26-2)21-4-3-17-5-14(8-25)9-28-33(17)21/h3-5,7,9-10,15-16,22H,6,11-12H2,1-2H3,(H,26,27)(H,29,34)/t15-,16+,22?. The summed E-state index contributed by atoms with van der Waals surface area (Å²) in [7, 11) is 1.87. The van der Waals surface area contributed by atoms with Crippen LogP contribution in [0.4, 0.5) is 10.8 Å². The number of nitrogens with one attached hydrogen (secondary N) is 2. The van der Waals surface area contributed by atoms with E-state index < -0.39 is 0 Å². The fourth-order valence-corrected chi connectivity index (χ4v) is 6.08. The zero-order valence-corrected chi connectivity index (χ0v) is 20.1. The van der Waals surface area contributed by atoms with Gasteiger partial charge in [0, 0.05) is 45.0 Å². The van der Waals surface area contributed by atoms with Gasteiger partial charge in [0.05, 0.1) is 34.2 Å². The van der Waals surface area contributed by atoms with Crippen molar-refractivity contribution in [3.05, 3.63) is 42.2 Å². The first-order valence-corrected chi connectivity index (χ1v) is 12.3. The van der Waals surface area contributed by atoms with E-state index in [2.05, 4.69) is 36.9 Å². The number of rotatable bonds is 5. The van der Waals surface area contributed by atoms with Crippen molar-refractivity contribution in [2.75, 3.05) is 30.4 Å². The minimum atomic E-state index is 0.0442. The molecule has 7 rings (SSSR count). The van der Waals surface area contributed by atoms with Gasteiger partial charge in [0.2, 0.25) is 11.0 Å². The predicted octanol–water partition coefficient (Wildman–Crippen LogP) is 2.79. The van der Waals surface area contributed by atoms with Crippen LogP contribution in [0.25, 0.3) is 27.5 Å². The molecule has 3 atom stereocenters. The first kappa shape index (κ1) is 21.5. The van der Waals surface area contributed by atoms with Gasteiger partial charge < -0.3 is 15.5 Å². The Morgan fingerprint density at radius 3 is 2.77 bits per heavy atom. The van der Waals surface area contributed by atoms with Crippen molar-refractivity contribution >= 4 is 33.6 Å². The van der Waals surface area contributed by atoms with Crippen molar-refractivity contribution in [3.8, 4) is 28.0 Å². The van der Waals surface area contributed by atoms with Crippen LogP contribution in [0.15, 0.2) is 36.7 Å². The van der Waals surface area contributed by atoms with Gasteiger partial charge in [-0.1, -0.05) is 11.3 Å². The average Bonchev–Trinajstić information content (AvgIpc) is 3.54. The smallest absolute Gasteiger partial charge is 0.217 e. The summed E-state index contributed by atoms with van der Waals surface area (Å²) in [6, 6.07) is 10.1. The SMILES string of the molecule is CNc1cc(-c2ccc3cc(C#N)cnn23)ncc1-c1nnc(N2C[C@H]3C[C@@H](C2)C3NC(C)=O)s1. The number of carbonyl (C=O) groups excluding carboxylic acids is 1. The van der Waals surface area contributed by atoms with Crippen molar-refractivity contribution < 1.29 is 4.79 Å². The molecule has 0 spiro atoms. The maximum Gasteiger partial charge on any atom is 0.217 e. The molecule has 10 nitrogen and oxygen atoms in total. The van der Waals surface area contributed by atoms with Gasteiger partial charge in [0.15, 0.2) is 5.01 Å². The van der Waals surface area contributed by atoms with Gasteiger partial charge in [0.1, 0.15) is 6.07 Å². The molecule has 3 fully saturated rings. The molecule has 176 valence electrons. The molecular weight excluding hydrogens is 462 g/mol. The van der Waals surface area contributed by atoms with Crippen LogP contribution in [0.5, 0.6) is 0 Å². The molecule has 1 unspecified atom stereocenters. The quantitative estimate of drug-likeness (QED) is 0.442. The summed E-state index contributed by atoms with van der Waals surface area (Å²) in [5, 5.41) is 30.5. The molecule has 4 aromatic heterocycles. The van der Waals surface area contributed by atoms with E-state index in [9.17, 15) is 4.79 Å². The minimum absolute atomic E-state index is 0.0442. The highest BCUT2D eigenvalue weighted by molar-refractivity contribution is 7.18. The Kier molecular flexibility index (Phi) is 5.11. The van der Waals surface area contributed by atoms with Gasteiger partial charge >= 0.3 is 0 Å². The van der Waals surface area contributed by atoms with Crippen molar-refractivity contribution in [2.24, 2.45) is 11.8 Å². The maximum absolute atomic E-state index is 11.5. The number of carbonyl (C=O) groups is 1. The van der Waals surface area contributed by atoms with Gasteiger partial charge in [-0.05, 0) is 42.5 Å². The number of hydrogen-bond acceptors (Lipinski definition) is 9. The molecule has 2 saturated heterocycles. The topological polar surface area (TPSA) is 124 Å². The molecule has 1 saturated carbocycles. The summed E-state index contributed by atoms with van der Waals surface area (Å²) in [5.74, 6) is 0.977. The van der Waals surface area contributed by atoms with E-state index in [1.165, 1.54) is 0 Å². The molecule has 6 heterocycles. The molecule has 35 heavy (non-hydrogen) atoms. The minimum Gasteiger partial charge on any atom is -0.387 e. The molecule has 2 aliphatic heterocycles. The van der Waals surface area contributed by atoms with Crippen molar-refractivity contribution in [2.45, 2.75) is 19.4 Å². The van der Waals surface area contributed by atoms with Crippen LogP contribution in [-0.2, 0) is 4.79 Å².